The van der Waals surface area contributed by atoms with Gasteiger partial charge in [-0.15, -0.1) is 0 Å². The van der Waals surface area contributed by atoms with Gasteiger partial charge in [-0.25, -0.2) is 0 Å². The van der Waals surface area contributed by atoms with Gasteiger partial charge in [0.15, 0.2) is 0 Å². The van der Waals surface area contributed by atoms with Gasteiger partial charge < -0.3 is 14.5 Å². The monoisotopic (exact) mass is 346 g/mol. The number of nitrogens with zero attached hydrogens (tertiary/aromatic N) is 2. The van der Waals surface area contributed by atoms with Crippen LogP contribution in [-0.2, 0) is 9.59 Å². The minimum Gasteiger partial charge on any atom is -0.494 e. The molecule has 0 aromatic heterocycles. The fraction of sp³-hybridized carbons (Fsp3) is 0.600. The number of carbonyl (C=O) groups is 2. The minimum absolute atomic E-state index is 0.00277. The van der Waals surface area contributed by atoms with E-state index in [1.54, 1.807) is 0 Å². The maximum atomic E-state index is 12.3. The Morgan fingerprint density at radius 2 is 1.52 bits per heavy atom. The summed E-state index contributed by atoms with van der Waals surface area (Å²) in [6.07, 6.45) is 1.75. The van der Waals surface area contributed by atoms with E-state index in [0.29, 0.717) is 52.0 Å². The highest BCUT2D eigenvalue weighted by Crippen LogP contribution is 2.20. The van der Waals surface area contributed by atoms with E-state index in [1.807, 2.05) is 40.1 Å². The van der Waals surface area contributed by atoms with Gasteiger partial charge in [0.1, 0.15) is 5.75 Å². The van der Waals surface area contributed by atoms with Crippen LogP contribution in [0.4, 0.5) is 0 Å². The average Bonchev–Trinajstić information content (AvgIpc) is 2.58. The van der Waals surface area contributed by atoms with Gasteiger partial charge in [-0.3, -0.25) is 9.59 Å². The van der Waals surface area contributed by atoms with E-state index < -0.39 is 0 Å². The van der Waals surface area contributed by atoms with Crippen LogP contribution in [0.2, 0.25) is 0 Å². The van der Waals surface area contributed by atoms with Gasteiger partial charge in [-0.1, -0.05) is 39.0 Å². The number of carbonyl (C=O) groups excluding carboxylic acids is 2. The summed E-state index contributed by atoms with van der Waals surface area (Å²) in [6.45, 7) is 9.30. The third kappa shape index (κ3) is 6.77. The highest BCUT2D eigenvalue weighted by atomic mass is 16.5. The molecule has 0 atom stereocenters. The molecule has 0 bridgehead atoms. The molecule has 0 spiro atoms. The van der Waals surface area contributed by atoms with Crippen molar-refractivity contribution >= 4 is 11.8 Å². The van der Waals surface area contributed by atoms with Gasteiger partial charge in [0, 0.05) is 39.0 Å². The first-order valence-corrected chi connectivity index (χ1v) is 9.08. The summed E-state index contributed by atoms with van der Waals surface area (Å²) in [6, 6.07) is 9.63. The van der Waals surface area contributed by atoms with E-state index in [0.717, 1.165) is 5.75 Å². The molecule has 1 aromatic rings. The molecule has 0 N–H and O–H groups in total. The van der Waals surface area contributed by atoms with Crippen LogP contribution in [0.5, 0.6) is 5.75 Å². The van der Waals surface area contributed by atoms with Gasteiger partial charge >= 0.3 is 0 Å². The van der Waals surface area contributed by atoms with Crippen LogP contribution < -0.4 is 4.74 Å². The van der Waals surface area contributed by atoms with Crippen molar-refractivity contribution in [2.45, 2.75) is 40.0 Å². The number of hydrogen-bond donors (Lipinski definition) is 0. The zero-order valence-corrected chi connectivity index (χ0v) is 15.7. The first-order chi connectivity index (χ1) is 11.8. The maximum Gasteiger partial charge on any atom is 0.223 e. The molecule has 2 amide bonds. The molecule has 1 saturated heterocycles. The van der Waals surface area contributed by atoms with Crippen LogP contribution in [0.1, 0.15) is 40.0 Å². The zero-order chi connectivity index (χ0) is 18.3. The van der Waals surface area contributed by atoms with Crippen molar-refractivity contribution in [3.8, 4) is 5.75 Å². The number of hydrogen-bond acceptors (Lipinski definition) is 3. The number of rotatable bonds is 6. The Hall–Kier alpha value is -2.04. The molecule has 5 heteroatoms. The van der Waals surface area contributed by atoms with Crippen molar-refractivity contribution < 1.29 is 14.3 Å². The highest BCUT2D eigenvalue weighted by Gasteiger charge is 2.26. The summed E-state index contributed by atoms with van der Waals surface area (Å²) < 4.78 is 5.62. The molecule has 1 fully saturated rings. The Balaban J connectivity index is 1.64. The standard InChI is InChI=1S/C20H30N2O3/c1-20(2,3)16-19(24)22-13-11-21(12-14-22)18(23)10-7-15-25-17-8-5-4-6-9-17/h4-6,8-9H,7,10-16H2,1-3H3. The van der Waals surface area contributed by atoms with Gasteiger partial charge in [0.25, 0.3) is 0 Å². The van der Waals surface area contributed by atoms with Crippen LogP contribution in [0.3, 0.4) is 0 Å². The van der Waals surface area contributed by atoms with Crippen molar-refractivity contribution in [3.05, 3.63) is 30.3 Å². The number of benzene rings is 1. The lowest BCUT2D eigenvalue weighted by molar-refractivity contribution is -0.140. The molecule has 5 nitrogen and oxygen atoms in total. The van der Waals surface area contributed by atoms with E-state index in [9.17, 15) is 9.59 Å². The van der Waals surface area contributed by atoms with Crippen LogP contribution >= 0.6 is 0 Å². The molecule has 0 aliphatic carbocycles. The lowest BCUT2D eigenvalue weighted by atomic mass is 9.91. The normalized spacial score (nSPS) is 15.2. The van der Waals surface area contributed by atoms with E-state index in [2.05, 4.69) is 20.8 Å². The minimum atomic E-state index is 0.00277. The fourth-order valence-electron chi connectivity index (χ4n) is 2.86. The first-order valence-electron chi connectivity index (χ1n) is 9.08. The largest absolute Gasteiger partial charge is 0.494 e. The van der Waals surface area contributed by atoms with Gasteiger partial charge in [0.2, 0.25) is 11.8 Å². The average molecular weight is 346 g/mol. The van der Waals surface area contributed by atoms with Gasteiger partial charge in [0.05, 0.1) is 6.61 Å². The van der Waals surface area contributed by atoms with Crippen molar-refractivity contribution in [1.82, 2.24) is 9.80 Å². The molecular formula is C20H30N2O3. The SMILES string of the molecule is CC(C)(C)CC(=O)N1CCN(C(=O)CCCOc2ccccc2)CC1. The maximum absolute atomic E-state index is 12.3. The Labute approximate surface area is 150 Å². The molecule has 1 heterocycles. The van der Waals surface area contributed by atoms with E-state index in [4.69, 9.17) is 4.74 Å². The Kier molecular flexibility index (Phi) is 6.85. The van der Waals surface area contributed by atoms with Crippen LogP contribution in [0.15, 0.2) is 30.3 Å². The lowest BCUT2D eigenvalue weighted by Crippen LogP contribution is -2.51. The topological polar surface area (TPSA) is 49.9 Å². The van der Waals surface area contributed by atoms with Gasteiger partial charge in [-0.2, -0.15) is 0 Å². The summed E-state index contributed by atoms with van der Waals surface area (Å²) >= 11 is 0. The smallest absolute Gasteiger partial charge is 0.223 e. The highest BCUT2D eigenvalue weighted by molar-refractivity contribution is 5.78. The lowest BCUT2D eigenvalue weighted by Gasteiger charge is -2.36. The summed E-state index contributed by atoms with van der Waals surface area (Å²) in [5.41, 5.74) is 0.00277. The molecule has 1 aliphatic rings. The third-order valence-corrected chi connectivity index (χ3v) is 4.21. The van der Waals surface area contributed by atoms with E-state index >= 15 is 0 Å². The fourth-order valence-corrected chi connectivity index (χ4v) is 2.86. The predicted molar refractivity (Wildman–Crippen MR) is 98.4 cm³/mol. The van der Waals surface area contributed by atoms with Crippen molar-refractivity contribution in [3.63, 3.8) is 0 Å². The molecule has 25 heavy (non-hydrogen) atoms. The predicted octanol–water partition coefficient (Wildman–Crippen LogP) is 2.95. The molecule has 0 unspecified atom stereocenters. The van der Waals surface area contributed by atoms with Crippen molar-refractivity contribution in [2.24, 2.45) is 5.41 Å². The summed E-state index contributed by atoms with van der Waals surface area (Å²) in [5.74, 6) is 1.18. The van der Waals surface area contributed by atoms with Crippen molar-refractivity contribution in [1.29, 1.82) is 0 Å². The second kappa shape index (κ2) is 8.88. The molecule has 138 valence electrons. The number of piperazine rings is 1. The number of amides is 2. The van der Waals surface area contributed by atoms with Crippen LogP contribution in [-0.4, -0.2) is 54.4 Å². The molecule has 0 radical (unpaired) electrons. The Bertz CT molecular complexity index is 558. The Morgan fingerprint density at radius 3 is 2.08 bits per heavy atom. The van der Waals surface area contributed by atoms with Crippen LogP contribution in [0.25, 0.3) is 0 Å². The second-order valence-electron chi connectivity index (χ2n) is 7.76. The molecule has 1 aromatic carbocycles. The summed E-state index contributed by atoms with van der Waals surface area (Å²) in [4.78, 5) is 28.3. The summed E-state index contributed by atoms with van der Waals surface area (Å²) in [7, 11) is 0. The Morgan fingerprint density at radius 1 is 0.960 bits per heavy atom. The second-order valence-corrected chi connectivity index (χ2v) is 7.76. The molecule has 0 saturated carbocycles. The van der Waals surface area contributed by atoms with Crippen LogP contribution in [0, 0.1) is 5.41 Å². The van der Waals surface area contributed by atoms with Crippen molar-refractivity contribution in [2.75, 3.05) is 32.8 Å². The van der Waals surface area contributed by atoms with E-state index in [-0.39, 0.29) is 17.2 Å². The first kappa shape index (κ1) is 19.3. The summed E-state index contributed by atoms with van der Waals surface area (Å²) in [5, 5.41) is 0. The molecule has 2 rings (SSSR count). The van der Waals surface area contributed by atoms with Gasteiger partial charge in [-0.05, 0) is 24.0 Å². The number of para-hydroxylation sites is 1. The third-order valence-electron chi connectivity index (χ3n) is 4.21. The molecular weight excluding hydrogens is 316 g/mol. The zero-order valence-electron chi connectivity index (χ0n) is 15.7. The quantitative estimate of drug-likeness (QED) is 0.744. The number of ether oxygens (including phenoxy) is 1. The van der Waals surface area contributed by atoms with E-state index in [1.165, 1.54) is 0 Å². The molecule has 1 aliphatic heterocycles.